The quantitative estimate of drug-likeness (QED) is 0.452. The van der Waals surface area contributed by atoms with Crippen molar-refractivity contribution in [3.8, 4) is 11.8 Å². The summed E-state index contributed by atoms with van der Waals surface area (Å²) in [6, 6.07) is 8.57. The molecular formula is C18H15NO4. The lowest BCUT2D eigenvalue weighted by atomic mass is 9.97. The minimum atomic E-state index is -0.497. The maximum absolute atomic E-state index is 12.1. The molecule has 0 fully saturated rings. The van der Waals surface area contributed by atoms with Gasteiger partial charge in [-0.25, -0.2) is 9.59 Å². The first-order valence-electron chi connectivity index (χ1n) is 7.11. The Kier molecular flexibility index (Phi) is 3.90. The van der Waals surface area contributed by atoms with Crippen LogP contribution in [0.2, 0.25) is 0 Å². The number of nitrogens with zero attached hydrogens (tertiary/aromatic N) is 1. The van der Waals surface area contributed by atoms with Crippen LogP contribution in [0.15, 0.2) is 53.6 Å². The van der Waals surface area contributed by atoms with Gasteiger partial charge in [0, 0.05) is 11.1 Å². The minimum absolute atomic E-state index is 0.391. The second-order valence-corrected chi connectivity index (χ2v) is 5.09. The van der Waals surface area contributed by atoms with Crippen molar-refractivity contribution >= 4 is 12.1 Å². The lowest BCUT2D eigenvalue weighted by Gasteiger charge is -2.21. The summed E-state index contributed by atoms with van der Waals surface area (Å²) in [6.45, 7) is 0. The number of hydrogen-bond donors (Lipinski definition) is 0. The van der Waals surface area contributed by atoms with E-state index in [4.69, 9.17) is 9.47 Å². The third kappa shape index (κ3) is 2.49. The first kappa shape index (κ1) is 14.9. The number of carbonyl (C=O) groups excluding carboxylic acids is 2. The highest BCUT2D eigenvalue weighted by atomic mass is 16.5. The maximum atomic E-state index is 12.1. The van der Waals surface area contributed by atoms with Gasteiger partial charge in [-0.1, -0.05) is 42.2 Å². The van der Waals surface area contributed by atoms with Gasteiger partial charge in [0.1, 0.15) is 0 Å². The van der Waals surface area contributed by atoms with E-state index in [1.54, 1.807) is 6.08 Å². The first-order chi connectivity index (χ1) is 11.2. The molecule has 0 N–H and O–H groups in total. The Morgan fingerprint density at radius 1 is 1.00 bits per heavy atom. The molecule has 3 rings (SSSR count). The van der Waals surface area contributed by atoms with E-state index < -0.39 is 24.1 Å². The summed E-state index contributed by atoms with van der Waals surface area (Å²) in [4.78, 5) is 25.6. The summed E-state index contributed by atoms with van der Waals surface area (Å²) in [5.41, 5.74) is 1.81. The van der Waals surface area contributed by atoms with E-state index in [1.165, 1.54) is 19.1 Å². The molecule has 2 unspecified atom stereocenters. The highest BCUT2D eigenvalue weighted by molar-refractivity contribution is 5.96. The molecule has 2 aliphatic heterocycles. The lowest BCUT2D eigenvalue weighted by molar-refractivity contribution is -0.136. The van der Waals surface area contributed by atoms with Crippen molar-refractivity contribution in [2.24, 2.45) is 0 Å². The Morgan fingerprint density at radius 3 is 2.35 bits per heavy atom. The van der Waals surface area contributed by atoms with E-state index in [0.29, 0.717) is 11.1 Å². The topological polar surface area (TPSA) is 55.8 Å². The van der Waals surface area contributed by atoms with Crippen LogP contribution in [0.3, 0.4) is 0 Å². The summed E-state index contributed by atoms with van der Waals surface area (Å²) in [6.07, 6.45) is 3.15. The van der Waals surface area contributed by atoms with Crippen molar-refractivity contribution in [2.45, 2.75) is 12.1 Å². The van der Waals surface area contributed by atoms with Gasteiger partial charge in [0.15, 0.2) is 0 Å². The fourth-order valence-corrected chi connectivity index (χ4v) is 2.83. The number of rotatable bonds is 1. The van der Waals surface area contributed by atoms with Crippen LogP contribution in [-0.4, -0.2) is 43.3 Å². The summed E-state index contributed by atoms with van der Waals surface area (Å²) in [5, 5.41) is 0. The van der Waals surface area contributed by atoms with Crippen molar-refractivity contribution in [2.75, 3.05) is 14.2 Å². The fourth-order valence-electron chi connectivity index (χ4n) is 2.83. The Hall–Kier alpha value is -3.00. The molecule has 0 aliphatic carbocycles. The molecule has 0 spiro atoms. The zero-order valence-corrected chi connectivity index (χ0v) is 12.8. The highest BCUT2D eigenvalue weighted by Crippen LogP contribution is 2.38. The van der Waals surface area contributed by atoms with Crippen LogP contribution in [0, 0.1) is 11.8 Å². The largest absolute Gasteiger partial charge is 0.466 e. The van der Waals surface area contributed by atoms with Gasteiger partial charge in [-0.2, -0.15) is 0 Å². The average molecular weight is 309 g/mol. The molecule has 5 nitrogen and oxygen atoms in total. The molecule has 2 atom stereocenters. The summed E-state index contributed by atoms with van der Waals surface area (Å²) in [7, 11) is 2.63. The second-order valence-electron chi connectivity index (χ2n) is 5.09. The van der Waals surface area contributed by atoms with E-state index in [1.807, 2.05) is 36.4 Å². The van der Waals surface area contributed by atoms with Gasteiger partial charge in [0.2, 0.25) is 0 Å². The van der Waals surface area contributed by atoms with Gasteiger partial charge in [-0.15, -0.1) is 0 Å². The summed E-state index contributed by atoms with van der Waals surface area (Å²) < 4.78 is 9.66. The van der Waals surface area contributed by atoms with Crippen molar-refractivity contribution in [1.29, 1.82) is 0 Å². The summed E-state index contributed by atoms with van der Waals surface area (Å²) in [5.74, 6) is 5.58. The number of amides is 1. The normalized spacial score (nSPS) is 21.0. The molecule has 0 radical (unpaired) electrons. The number of methoxy groups -OCH3 is 2. The van der Waals surface area contributed by atoms with Crippen LogP contribution < -0.4 is 0 Å². The van der Waals surface area contributed by atoms with Crippen LogP contribution in [0.25, 0.3) is 0 Å². The van der Waals surface area contributed by atoms with E-state index in [9.17, 15) is 9.59 Å². The third-order valence-electron chi connectivity index (χ3n) is 3.86. The van der Waals surface area contributed by atoms with Crippen LogP contribution in [-0.2, 0) is 14.3 Å². The van der Waals surface area contributed by atoms with Crippen LogP contribution in [0.4, 0.5) is 4.79 Å². The van der Waals surface area contributed by atoms with Gasteiger partial charge >= 0.3 is 12.1 Å². The molecule has 2 aliphatic rings. The number of fused-ring (bicyclic) bond motifs is 2. The van der Waals surface area contributed by atoms with Gasteiger partial charge in [0.25, 0.3) is 0 Å². The Morgan fingerprint density at radius 2 is 1.70 bits per heavy atom. The predicted octanol–water partition coefficient (Wildman–Crippen LogP) is 1.90. The van der Waals surface area contributed by atoms with E-state index in [-0.39, 0.29) is 0 Å². The lowest BCUT2D eigenvalue weighted by Crippen LogP contribution is -2.38. The van der Waals surface area contributed by atoms with Gasteiger partial charge in [-0.3, -0.25) is 4.90 Å². The number of esters is 1. The number of carbonyl (C=O) groups is 2. The van der Waals surface area contributed by atoms with Gasteiger partial charge < -0.3 is 9.47 Å². The fraction of sp³-hybridized carbons (Fsp3) is 0.222. The SMILES string of the molecule is COC(=O)C1=C(C#Cc2ccccc2)C2C=CC1N2C(=O)OC. The number of ether oxygens (including phenoxy) is 2. The van der Waals surface area contributed by atoms with Crippen LogP contribution in [0.1, 0.15) is 5.56 Å². The standard InChI is InChI=1S/C18H15NO4/c1-22-17(20)16-13(9-8-12-6-4-3-5-7-12)14-10-11-15(16)19(14)18(21)23-2/h3-7,10-11,14-15H,1-2H3. The van der Waals surface area contributed by atoms with Gasteiger partial charge in [-0.05, 0) is 12.1 Å². The van der Waals surface area contributed by atoms with E-state index in [0.717, 1.165) is 5.56 Å². The second kappa shape index (κ2) is 6.01. The zero-order chi connectivity index (χ0) is 16.4. The van der Waals surface area contributed by atoms with Crippen molar-refractivity contribution < 1.29 is 19.1 Å². The number of hydrogen-bond acceptors (Lipinski definition) is 4. The smallest absolute Gasteiger partial charge is 0.411 e. The predicted molar refractivity (Wildman–Crippen MR) is 83.3 cm³/mol. The Bertz CT molecular complexity index is 767. The molecule has 0 saturated heterocycles. The monoisotopic (exact) mass is 309 g/mol. The van der Waals surface area contributed by atoms with Crippen molar-refractivity contribution in [3.63, 3.8) is 0 Å². The number of benzene rings is 1. The van der Waals surface area contributed by atoms with Crippen LogP contribution >= 0.6 is 0 Å². The highest BCUT2D eigenvalue weighted by Gasteiger charge is 2.48. The molecule has 116 valence electrons. The third-order valence-corrected chi connectivity index (χ3v) is 3.86. The Labute approximate surface area is 134 Å². The molecule has 2 bridgehead atoms. The van der Waals surface area contributed by atoms with Crippen molar-refractivity contribution in [1.82, 2.24) is 4.90 Å². The van der Waals surface area contributed by atoms with Crippen LogP contribution in [0.5, 0.6) is 0 Å². The molecule has 1 aromatic rings. The summed E-state index contributed by atoms with van der Waals surface area (Å²) >= 11 is 0. The zero-order valence-electron chi connectivity index (χ0n) is 12.8. The molecule has 1 aromatic carbocycles. The molecular weight excluding hydrogens is 294 g/mol. The average Bonchev–Trinajstić information content (AvgIpc) is 3.15. The maximum Gasteiger partial charge on any atom is 0.411 e. The van der Waals surface area contributed by atoms with Gasteiger partial charge in [0.05, 0.1) is 31.9 Å². The van der Waals surface area contributed by atoms with Crippen molar-refractivity contribution in [3.05, 3.63) is 59.2 Å². The molecule has 23 heavy (non-hydrogen) atoms. The van der Waals surface area contributed by atoms with E-state index >= 15 is 0 Å². The molecule has 2 heterocycles. The van der Waals surface area contributed by atoms with E-state index in [2.05, 4.69) is 11.8 Å². The molecule has 0 saturated carbocycles. The first-order valence-corrected chi connectivity index (χ1v) is 7.11. The molecule has 1 amide bonds. The molecule has 5 heteroatoms. The Balaban J connectivity index is 2.01. The molecule has 0 aromatic heterocycles. The minimum Gasteiger partial charge on any atom is -0.466 e.